The van der Waals surface area contributed by atoms with Gasteiger partial charge in [0.15, 0.2) is 0 Å². The standard InChI is InChI=1S/C14H12N2O5/c1-20-9-5-8(12(15)17)6-10(7-9)21-13-11(14(18)19)3-2-4-16-13/h2-7H,1H3,(H2,15,17)(H,18,19). The number of carboxylic acid groups (broad SMARTS) is 1. The Hall–Kier alpha value is -3.09. The van der Waals surface area contributed by atoms with E-state index < -0.39 is 11.9 Å². The number of primary amides is 1. The second kappa shape index (κ2) is 5.91. The van der Waals surface area contributed by atoms with Gasteiger partial charge in [0.2, 0.25) is 11.8 Å². The molecule has 1 aromatic carbocycles. The topological polar surface area (TPSA) is 112 Å². The summed E-state index contributed by atoms with van der Waals surface area (Å²) in [5.41, 5.74) is 5.30. The summed E-state index contributed by atoms with van der Waals surface area (Å²) in [6.07, 6.45) is 1.40. The maximum absolute atomic E-state index is 11.3. The number of hydrogen-bond donors (Lipinski definition) is 2. The van der Waals surface area contributed by atoms with Gasteiger partial charge in [-0.1, -0.05) is 0 Å². The molecular formula is C14H12N2O5. The van der Waals surface area contributed by atoms with E-state index in [1.165, 1.54) is 43.6 Å². The van der Waals surface area contributed by atoms with Gasteiger partial charge in [-0.2, -0.15) is 0 Å². The van der Waals surface area contributed by atoms with Gasteiger partial charge in [0.25, 0.3) is 0 Å². The van der Waals surface area contributed by atoms with Crippen LogP contribution < -0.4 is 15.2 Å². The van der Waals surface area contributed by atoms with Gasteiger partial charge >= 0.3 is 5.97 Å². The van der Waals surface area contributed by atoms with Gasteiger partial charge in [-0.3, -0.25) is 4.79 Å². The number of rotatable bonds is 5. The molecule has 7 nitrogen and oxygen atoms in total. The van der Waals surface area contributed by atoms with Gasteiger partial charge in [-0.15, -0.1) is 0 Å². The average Bonchev–Trinajstić information content (AvgIpc) is 2.47. The molecule has 0 aliphatic heterocycles. The number of methoxy groups -OCH3 is 1. The lowest BCUT2D eigenvalue weighted by Gasteiger charge is -2.10. The summed E-state index contributed by atoms with van der Waals surface area (Å²) in [6, 6.07) is 7.17. The second-order valence-electron chi connectivity index (χ2n) is 4.02. The monoisotopic (exact) mass is 288 g/mol. The van der Waals surface area contributed by atoms with Crippen molar-refractivity contribution in [3.8, 4) is 17.4 Å². The Morgan fingerprint density at radius 1 is 1.24 bits per heavy atom. The van der Waals surface area contributed by atoms with Gasteiger partial charge in [0.05, 0.1) is 7.11 Å². The summed E-state index contributed by atoms with van der Waals surface area (Å²) < 4.78 is 10.5. The number of aromatic nitrogens is 1. The van der Waals surface area contributed by atoms with Crippen LogP contribution in [0.3, 0.4) is 0 Å². The van der Waals surface area contributed by atoms with Crippen molar-refractivity contribution in [2.24, 2.45) is 5.73 Å². The van der Waals surface area contributed by atoms with Crippen molar-refractivity contribution < 1.29 is 24.2 Å². The van der Waals surface area contributed by atoms with Crippen LogP contribution in [0.1, 0.15) is 20.7 Å². The quantitative estimate of drug-likeness (QED) is 0.865. The second-order valence-corrected chi connectivity index (χ2v) is 4.02. The highest BCUT2D eigenvalue weighted by Gasteiger charge is 2.14. The van der Waals surface area contributed by atoms with E-state index in [2.05, 4.69) is 4.98 Å². The van der Waals surface area contributed by atoms with E-state index in [9.17, 15) is 9.59 Å². The van der Waals surface area contributed by atoms with Crippen molar-refractivity contribution in [3.63, 3.8) is 0 Å². The number of ether oxygens (including phenoxy) is 2. The molecule has 2 rings (SSSR count). The molecule has 0 aliphatic carbocycles. The number of carbonyl (C=O) groups is 2. The van der Waals surface area contributed by atoms with Crippen LogP contribution in [0.5, 0.6) is 17.4 Å². The number of nitrogens with two attached hydrogens (primary N) is 1. The zero-order valence-electron chi connectivity index (χ0n) is 11.1. The third-order valence-corrected chi connectivity index (χ3v) is 2.62. The predicted molar refractivity (Wildman–Crippen MR) is 72.8 cm³/mol. The van der Waals surface area contributed by atoms with Crippen LogP contribution in [0.2, 0.25) is 0 Å². The normalized spacial score (nSPS) is 9.95. The first-order valence-electron chi connectivity index (χ1n) is 5.86. The van der Waals surface area contributed by atoms with Crippen LogP contribution in [-0.4, -0.2) is 29.1 Å². The van der Waals surface area contributed by atoms with Crippen LogP contribution >= 0.6 is 0 Å². The molecule has 7 heteroatoms. The molecule has 0 aliphatic rings. The van der Waals surface area contributed by atoms with Crippen molar-refractivity contribution in [3.05, 3.63) is 47.7 Å². The molecule has 0 saturated heterocycles. The number of aromatic carboxylic acids is 1. The molecule has 0 spiro atoms. The Labute approximate surface area is 119 Å². The molecule has 2 aromatic rings. The highest BCUT2D eigenvalue weighted by atomic mass is 16.5. The smallest absolute Gasteiger partial charge is 0.341 e. The first-order chi connectivity index (χ1) is 10.0. The number of carboxylic acids is 1. The minimum Gasteiger partial charge on any atom is -0.497 e. The zero-order chi connectivity index (χ0) is 15.4. The molecule has 0 bridgehead atoms. The lowest BCUT2D eigenvalue weighted by molar-refractivity contribution is 0.0693. The predicted octanol–water partition coefficient (Wildman–Crippen LogP) is 1.68. The molecule has 0 atom stereocenters. The SMILES string of the molecule is COc1cc(Oc2ncccc2C(=O)O)cc(C(N)=O)c1. The Balaban J connectivity index is 2.42. The van der Waals surface area contributed by atoms with Gasteiger partial charge in [-0.25, -0.2) is 9.78 Å². The van der Waals surface area contributed by atoms with Gasteiger partial charge in [-0.05, 0) is 24.3 Å². The van der Waals surface area contributed by atoms with Gasteiger partial charge < -0.3 is 20.3 Å². The first-order valence-corrected chi connectivity index (χ1v) is 5.86. The van der Waals surface area contributed by atoms with Crippen molar-refractivity contribution in [2.45, 2.75) is 0 Å². The van der Waals surface area contributed by atoms with E-state index in [0.29, 0.717) is 5.75 Å². The van der Waals surface area contributed by atoms with Crippen molar-refractivity contribution in [1.82, 2.24) is 4.98 Å². The third-order valence-electron chi connectivity index (χ3n) is 2.62. The average molecular weight is 288 g/mol. The minimum atomic E-state index is -1.17. The van der Waals surface area contributed by atoms with Crippen molar-refractivity contribution >= 4 is 11.9 Å². The maximum atomic E-state index is 11.3. The molecule has 21 heavy (non-hydrogen) atoms. The Morgan fingerprint density at radius 2 is 1.95 bits per heavy atom. The fourth-order valence-corrected chi connectivity index (χ4v) is 1.64. The summed E-state index contributed by atoms with van der Waals surface area (Å²) in [5.74, 6) is -1.36. The summed E-state index contributed by atoms with van der Waals surface area (Å²) in [6.45, 7) is 0. The van der Waals surface area contributed by atoms with Crippen LogP contribution in [0.15, 0.2) is 36.5 Å². The van der Waals surface area contributed by atoms with Crippen LogP contribution in [0.4, 0.5) is 0 Å². The van der Waals surface area contributed by atoms with Crippen LogP contribution in [-0.2, 0) is 0 Å². The maximum Gasteiger partial charge on any atom is 0.341 e. The number of pyridine rings is 1. The van der Waals surface area contributed by atoms with Crippen molar-refractivity contribution in [1.29, 1.82) is 0 Å². The fourth-order valence-electron chi connectivity index (χ4n) is 1.64. The Kier molecular flexibility index (Phi) is 4.03. The van der Waals surface area contributed by atoms with E-state index in [1.807, 2.05) is 0 Å². The number of benzene rings is 1. The highest BCUT2D eigenvalue weighted by Crippen LogP contribution is 2.28. The Morgan fingerprint density at radius 3 is 2.57 bits per heavy atom. The van der Waals surface area contributed by atoms with Crippen molar-refractivity contribution in [2.75, 3.05) is 7.11 Å². The fraction of sp³-hybridized carbons (Fsp3) is 0.0714. The summed E-state index contributed by atoms with van der Waals surface area (Å²) in [4.78, 5) is 26.2. The summed E-state index contributed by atoms with van der Waals surface area (Å²) in [5, 5.41) is 9.07. The number of carbonyl (C=O) groups excluding carboxylic acids is 1. The molecule has 3 N–H and O–H groups in total. The van der Waals surface area contributed by atoms with Gasteiger partial charge in [0, 0.05) is 17.8 Å². The largest absolute Gasteiger partial charge is 0.497 e. The minimum absolute atomic E-state index is 0.0892. The van der Waals surface area contributed by atoms with Crippen LogP contribution in [0, 0.1) is 0 Å². The molecule has 108 valence electrons. The number of hydrogen-bond acceptors (Lipinski definition) is 5. The first kappa shape index (κ1) is 14.3. The molecule has 1 aromatic heterocycles. The molecule has 1 heterocycles. The number of nitrogens with zero attached hydrogens (tertiary/aromatic N) is 1. The van der Waals surface area contributed by atoms with E-state index >= 15 is 0 Å². The van der Waals surface area contributed by atoms with Crippen LogP contribution in [0.25, 0.3) is 0 Å². The molecule has 1 amide bonds. The molecule has 0 saturated carbocycles. The summed E-state index contributed by atoms with van der Waals surface area (Å²) >= 11 is 0. The lowest BCUT2D eigenvalue weighted by atomic mass is 10.2. The summed E-state index contributed by atoms with van der Waals surface area (Å²) in [7, 11) is 1.42. The molecule has 0 unspecified atom stereocenters. The van der Waals surface area contributed by atoms with E-state index in [4.69, 9.17) is 20.3 Å². The van der Waals surface area contributed by atoms with E-state index in [1.54, 1.807) is 0 Å². The van der Waals surface area contributed by atoms with E-state index in [0.717, 1.165) is 0 Å². The molecule has 0 fully saturated rings. The zero-order valence-corrected chi connectivity index (χ0v) is 11.1. The van der Waals surface area contributed by atoms with Gasteiger partial charge in [0.1, 0.15) is 17.1 Å². The third kappa shape index (κ3) is 3.27. The van der Waals surface area contributed by atoms with E-state index in [-0.39, 0.29) is 22.8 Å². The number of amides is 1. The lowest BCUT2D eigenvalue weighted by Crippen LogP contribution is -2.11. The Bertz CT molecular complexity index is 700. The molecular weight excluding hydrogens is 276 g/mol. The highest BCUT2D eigenvalue weighted by molar-refractivity contribution is 5.94. The molecule has 0 radical (unpaired) electrons.